The van der Waals surface area contributed by atoms with E-state index in [9.17, 15) is 5.26 Å². The Morgan fingerprint density at radius 3 is 2.76 bits per heavy atom. The predicted octanol–water partition coefficient (Wildman–Crippen LogP) is 4.70. The van der Waals surface area contributed by atoms with Crippen LogP contribution in [0.25, 0.3) is 11.1 Å². The number of anilines is 2. The van der Waals surface area contributed by atoms with Crippen LogP contribution in [0, 0.1) is 16.7 Å². The second-order valence-electron chi connectivity index (χ2n) is 9.96. The van der Waals surface area contributed by atoms with Crippen molar-refractivity contribution in [2.75, 3.05) is 18.5 Å². The van der Waals surface area contributed by atoms with E-state index in [1.54, 1.807) is 24.7 Å². The Kier molecular flexibility index (Phi) is 9.05. The fourth-order valence-electron chi connectivity index (χ4n) is 4.81. The molecular weight excluding hydrogens is 520 g/mol. The van der Waals surface area contributed by atoms with Gasteiger partial charge in [0.25, 0.3) is 5.88 Å². The average Bonchev–Trinajstić information content (AvgIpc) is 3.67. The highest BCUT2D eigenvalue weighted by molar-refractivity contribution is 5.67. The molecule has 0 bridgehead atoms. The molecular formula is C29H34N10O2. The van der Waals surface area contributed by atoms with Gasteiger partial charge in [-0.3, -0.25) is 14.8 Å². The maximum atomic E-state index is 9.52. The van der Waals surface area contributed by atoms with Gasteiger partial charge in [0.2, 0.25) is 5.95 Å². The van der Waals surface area contributed by atoms with E-state index in [2.05, 4.69) is 31.8 Å². The summed E-state index contributed by atoms with van der Waals surface area (Å²) in [6, 6.07) is 9.79. The van der Waals surface area contributed by atoms with E-state index in [-0.39, 0.29) is 6.10 Å². The molecule has 3 aromatic heterocycles. The van der Waals surface area contributed by atoms with E-state index in [0.29, 0.717) is 54.6 Å². The fourth-order valence-corrected chi connectivity index (χ4v) is 4.81. The molecule has 1 fully saturated rings. The zero-order valence-electron chi connectivity index (χ0n) is 23.0. The second-order valence-corrected chi connectivity index (χ2v) is 9.96. The Labute approximate surface area is 238 Å². The maximum absolute atomic E-state index is 9.52. The quantitative estimate of drug-likeness (QED) is 0.158. The van der Waals surface area contributed by atoms with E-state index < -0.39 is 0 Å². The van der Waals surface area contributed by atoms with Crippen molar-refractivity contribution in [3.05, 3.63) is 60.8 Å². The molecule has 0 saturated heterocycles. The number of benzene rings is 1. The van der Waals surface area contributed by atoms with Gasteiger partial charge in [-0.2, -0.15) is 10.4 Å². The lowest BCUT2D eigenvalue weighted by Crippen LogP contribution is -2.27. The number of nitrogens with one attached hydrogen (secondary N) is 3. The molecule has 0 spiro atoms. The molecule has 41 heavy (non-hydrogen) atoms. The number of rotatable bonds is 13. The molecule has 1 saturated carbocycles. The molecule has 1 aliphatic rings. The molecule has 0 amide bonds. The normalized spacial score (nSPS) is 14.1. The highest BCUT2D eigenvalue weighted by Crippen LogP contribution is 2.33. The Bertz CT molecular complexity index is 1450. The summed E-state index contributed by atoms with van der Waals surface area (Å²) < 4.78 is 15.9. The maximum Gasteiger partial charge on any atom is 0.257 e. The summed E-state index contributed by atoms with van der Waals surface area (Å²) in [5.74, 6) is 1.40. The van der Waals surface area contributed by atoms with Crippen LogP contribution in [-0.4, -0.2) is 55.1 Å². The standard InChI is InChI=1S/C29H34N10O2/c1-21(16-32-20-31)41-27-14-22(8-9-23(27)15-30)24-17-33-29(34-18-24)36-26-19-39(25-6-3-2-4-7-25)37-28(26)40-13-12-38-11-5-10-35-38/h5,8-11,14,17-21,25H,2-4,6-7,12-13,16H2,1H3,(H2,31,32)(H,33,34,36)/t21-/m0/s1. The lowest BCUT2D eigenvalue weighted by atomic mass is 9.96. The van der Waals surface area contributed by atoms with Gasteiger partial charge in [0.1, 0.15) is 30.2 Å². The van der Waals surface area contributed by atoms with Crippen molar-refractivity contribution < 1.29 is 9.47 Å². The first-order valence-electron chi connectivity index (χ1n) is 13.8. The molecule has 3 N–H and O–H groups in total. The van der Waals surface area contributed by atoms with Crippen molar-refractivity contribution in [3.63, 3.8) is 0 Å². The van der Waals surface area contributed by atoms with E-state index in [1.807, 2.05) is 46.9 Å². The first-order chi connectivity index (χ1) is 20.1. The predicted molar refractivity (Wildman–Crippen MR) is 154 cm³/mol. The Balaban J connectivity index is 1.31. The lowest BCUT2D eigenvalue weighted by Gasteiger charge is -2.21. The monoisotopic (exact) mass is 554 g/mol. The Morgan fingerprint density at radius 2 is 2.02 bits per heavy atom. The molecule has 1 aromatic carbocycles. The number of nitriles is 1. The number of hydrogen-bond donors (Lipinski definition) is 3. The van der Waals surface area contributed by atoms with E-state index in [1.165, 1.54) is 19.3 Å². The largest absolute Gasteiger partial charge is 0.487 e. The molecule has 0 unspecified atom stereocenters. The zero-order valence-corrected chi connectivity index (χ0v) is 23.0. The SMILES string of the molecule is C[C@@H](CNC=N)Oc1cc(-c2cnc(Nc3cn(C4CCCCC4)nc3OCCn3cccn3)nc2)ccc1C#N. The highest BCUT2D eigenvalue weighted by atomic mass is 16.5. The molecule has 1 atom stereocenters. The number of nitrogens with zero attached hydrogens (tertiary/aromatic N) is 7. The van der Waals surface area contributed by atoms with Crippen LogP contribution in [-0.2, 0) is 6.54 Å². The molecule has 12 heteroatoms. The average molecular weight is 555 g/mol. The van der Waals surface area contributed by atoms with Crippen molar-refractivity contribution in [1.82, 2.24) is 34.8 Å². The van der Waals surface area contributed by atoms with Crippen LogP contribution in [0.3, 0.4) is 0 Å². The van der Waals surface area contributed by atoms with Gasteiger partial charge in [-0.05, 0) is 43.5 Å². The van der Waals surface area contributed by atoms with Crippen molar-refractivity contribution >= 4 is 18.0 Å². The fraction of sp³-hybridized carbons (Fsp3) is 0.379. The third kappa shape index (κ3) is 7.19. The third-order valence-electron chi connectivity index (χ3n) is 6.93. The van der Waals surface area contributed by atoms with E-state index in [4.69, 9.17) is 20.0 Å². The first kappa shape index (κ1) is 27.6. The third-order valence-corrected chi connectivity index (χ3v) is 6.93. The summed E-state index contributed by atoms with van der Waals surface area (Å²) in [7, 11) is 0. The molecule has 0 radical (unpaired) electrons. The van der Waals surface area contributed by atoms with Crippen LogP contribution in [0.1, 0.15) is 50.6 Å². The summed E-state index contributed by atoms with van der Waals surface area (Å²) >= 11 is 0. The molecule has 0 aliphatic heterocycles. The summed E-state index contributed by atoms with van der Waals surface area (Å²) in [6.07, 6.45) is 15.9. The van der Waals surface area contributed by atoms with Gasteiger partial charge in [0, 0.05) is 30.4 Å². The molecule has 3 heterocycles. The summed E-state index contributed by atoms with van der Waals surface area (Å²) in [4.78, 5) is 9.08. The van der Waals surface area contributed by atoms with Gasteiger partial charge < -0.3 is 20.1 Å². The van der Waals surface area contributed by atoms with Crippen LogP contribution in [0.15, 0.2) is 55.2 Å². The van der Waals surface area contributed by atoms with Gasteiger partial charge in [-0.15, -0.1) is 5.10 Å². The van der Waals surface area contributed by atoms with E-state index >= 15 is 0 Å². The van der Waals surface area contributed by atoms with Crippen molar-refractivity contribution in [2.24, 2.45) is 0 Å². The van der Waals surface area contributed by atoms with Crippen LogP contribution in [0.2, 0.25) is 0 Å². The summed E-state index contributed by atoms with van der Waals surface area (Å²) in [5, 5.41) is 31.7. The van der Waals surface area contributed by atoms with Gasteiger partial charge >= 0.3 is 0 Å². The minimum absolute atomic E-state index is 0.229. The van der Waals surface area contributed by atoms with Crippen LogP contribution in [0.5, 0.6) is 11.6 Å². The first-order valence-corrected chi connectivity index (χ1v) is 13.8. The van der Waals surface area contributed by atoms with Crippen LogP contribution < -0.4 is 20.1 Å². The van der Waals surface area contributed by atoms with Gasteiger partial charge in [-0.25, -0.2) is 9.97 Å². The zero-order chi connectivity index (χ0) is 28.4. The van der Waals surface area contributed by atoms with Crippen molar-refractivity contribution in [2.45, 2.75) is 57.7 Å². The van der Waals surface area contributed by atoms with Crippen LogP contribution >= 0.6 is 0 Å². The van der Waals surface area contributed by atoms with E-state index in [0.717, 1.165) is 30.3 Å². The van der Waals surface area contributed by atoms with Crippen molar-refractivity contribution in [1.29, 1.82) is 10.7 Å². The molecule has 5 rings (SSSR count). The Morgan fingerprint density at radius 1 is 1.20 bits per heavy atom. The number of hydrogen-bond acceptors (Lipinski definition) is 9. The molecule has 12 nitrogen and oxygen atoms in total. The topological polar surface area (TPSA) is 152 Å². The van der Waals surface area contributed by atoms with Gasteiger partial charge in [0.15, 0.2) is 0 Å². The highest BCUT2D eigenvalue weighted by Gasteiger charge is 2.20. The molecule has 1 aliphatic carbocycles. The summed E-state index contributed by atoms with van der Waals surface area (Å²) in [5.41, 5.74) is 2.75. The lowest BCUT2D eigenvalue weighted by molar-refractivity contribution is 0.224. The smallest absolute Gasteiger partial charge is 0.257 e. The minimum Gasteiger partial charge on any atom is -0.487 e. The summed E-state index contributed by atoms with van der Waals surface area (Å²) in [6.45, 7) is 3.37. The Hall–Kier alpha value is -4.92. The number of aromatic nitrogens is 6. The van der Waals surface area contributed by atoms with Gasteiger partial charge in [0.05, 0.1) is 37.2 Å². The second kappa shape index (κ2) is 13.4. The van der Waals surface area contributed by atoms with Crippen LogP contribution in [0.4, 0.5) is 11.6 Å². The van der Waals surface area contributed by atoms with Gasteiger partial charge in [-0.1, -0.05) is 25.3 Å². The number of ether oxygens (including phenoxy) is 2. The van der Waals surface area contributed by atoms with Crippen molar-refractivity contribution in [3.8, 4) is 28.8 Å². The molecule has 4 aromatic rings. The molecule has 212 valence electrons. The minimum atomic E-state index is -0.229.